The molecule has 0 spiro atoms. The van der Waals surface area contributed by atoms with Crippen LogP contribution in [-0.2, 0) is 10.2 Å². The zero-order valence-corrected chi connectivity index (χ0v) is 15.1. The zero-order chi connectivity index (χ0) is 18.6. The molecule has 3 rings (SSSR count). The van der Waals surface area contributed by atoms with Gasteiger partial charge in [0.1, 0.15) is 12.1 Å². The summed E-state index contributed by atoms with van der Waals surface area (Å²) in [6.07, 6.45) is 1.62. The molecule has 1 amide bonds. The van der Waals surface area contributed by atoms with Crippen LogP contribution in [0.5, 0.6) is 5.75 Å². The second-order valence-electron chi connectivity index (χ2n) is 7.00. The van der Waals surface area contributed by atoms with E-state index in [4.69, 9.17) is 4.74 Å². The van der Waals surface area contributed by atoms with E-state index in [0.29, 0.717) is 5.75 Å². The third-order valence-electron chi connectivity index (χ3n) is 3.93. The minimum Gasteiger partial charge on any atom is -0.484 e. The summed E-state index contributed by atoms with van der Waals surface area (Å²) in [5.41, 5.74) is 8.43. The van der Waals surface area contributed by atoms with Gasteiger partial charge < -0.3 is 10.1 Å². The molecule has 0 atom stereocenters. The van der Waals surface area contributed by atoms with Gasteiger partial charge in [0, 0.05) is 5.69 Å². The Kier molecular flexibility index (Phi) is 5.09. The van der Waals surface area contributed by atoms with Crippen molar-refractivity contribution in [3.05, 3.63) is 54.1 Å². The average Bonchev–Trinajstić information content (AvgIpc) is 3.15. The highest BCUT2D eigenvalue weighted by Crippen LogP contribution is 2.23. The maximum absolute atomic E-state index is 12.1. The summed E-state index contributed by atoms with van der Waals surface area (Å²) in [5.74, 6) is 0.422. The smallest absolute Gasteiger partial charge is 0.262 e. The lowest BCUT2D eigenvalue weighted by molar-refractivity contribution is -0.118. The lowest BCUT2D eigenvalue weighted by atomic mass is 9.87. The van der Waals surface area contributed by atoms with E-state index in [1.165, 1.54) is 5.56 Å². The molecule has 0 fully saturated rings. The standard InChI is InChI=1S/C19H23N5O2/c1-19(2,3)14-4-6-15(7-5-14)21-18(25)12-26-17-10-8-16(9-11-17)24-13-20-22-23-24/h4-11,13,22-23H,12H2,1-3H3,(H,21,25). The molecule has 1 aliphatic rings. The topological polar surface area (TPSA) is 78.0 Å². The number of nitrogens with zero attached hydrogens (tertiary/aromatic N) is 2. The molecule has 1 heterocycles. The molecule has 2 aromatic rings. The van der Waals surface area contributed by atoms with Crippen LogP contribution in [0.25, 0.3) is 0 Å². The predicted octanol–water partition coefficient (Wildman–Crippen LogP) is 2.77. The van der Waals surface area contributed by atoms with Crippen LogP contribution in [0.1, 0.15) is 26.3 Å². The third kappa shape index (κ3) is 4.52. The molecular formula is C19H23N5O2. The van der Waals surface area contributed by atoms with Crippen LogP contribution >= 0.6 is 0 Å². The summed E-state index contributed by atoms with van der Waals surface area (Å²) in [4.78, 5) is 12.1. The number of carbonyl (C=O) groups excluding carboxylic acids is 1. The summed E-state index contributed by atoms with van der Waals surface area (Å²) in [7, 11) is 0. The fourth-order valence-electron chi connectivity index (χ4n) is 2.43. The Morgan fingerprint density at radius 2 is 1.81 bits per heavy atom. The van der Waals surface area contributed by atoms with Gasteiger partial charge in [0.05, 0.1) is 5.69 Å². The Hall–Kier alpha value is -3.06. The van der Waals surface area contributed by atoms with Crippen molar-refractivity contribution in [1.82, 2.24) is 11.1 Å². The molecule has 3 N–H and O–H groups in total. The molecular weight excluding hydrogens is 330 g/mol. The third-order valence-corrected chi connectivity index (χ3v) is 3.93. The van der Waals surface area contributed by atoms with E-state index < -0.39 is 0 Å². The van der Waals surface area contributed by atoms with E-state index in [0.717, 1.165) is 11.4 Å². The first kappa shape index (κ1) is 17.8. The molecule has 7 heteroatoms. The zero-order valence-electron chi connectivity index (χ0n) is 15.1. The monoisotopic (exact) mass is 353 g/mol. The SMILES string of the molecule is CC(C)(C)c1ccc(NC(=O)COc2ccc(N3C=NNN3)cc2)cc1. The maximum atomic E-state index is 12.1. The van der Waals surface area contributed by atoms with Crippen molar-refractivity contribution in [2.24, 2.45) is 5.10 Å². The molecule has 0 aromatic heterocycles. The summed E-state index contributed by atoms with van der Waals surface area (Å²) in [6, 6.07) is 15.2. The Morgan fingerprint density at radius 1 is 1.12 bits per heavy atom. The lowest BCUT2D eigenvalue weighted by Gasteiger charge is -2.19. The molecule has 0 aliphatic carbocycles. The first-order valence-electron chi connectivity index (χ1n) is 8.38. The van der Waals surface area contributed by atoms with Crippen LogP contribution in [0.4, 0.5) is 11.4 Å². The number of hydrogen-bond donors (Lipinski definition) is 3. The number of hydrazine groups is 2. The molecule has 2 aromatic carbocycles. The number of nitrogens with one attached hydrogen (secondary N) is 3. The van der Waals surface area contributed by atoms with Crippen molar-refractivity contribution in [3.63, 3.8) is 0 Å². The lowest BCUT2D eigenvalue weighted by Crippen LogP contribution is -2.37. The van der Waals surface area contributed by atoms with Gasteiger partial charge in [-0.1, -0.05) is 32.9 Å². The number of amides is 1. The van der Waals surface area contributed by atoms with Crippen molar-refractivity contribution in [2.75, 3.05) is 16.9 Å². The van der Waals surface area contributed by atoms with E-state index in [9.17, 15) is 4.79 Å². The van der Waals surface area contributed by atoms with Crippen LogP contribution in [-0.4, -0.2) is 18.9 Å². The quantitative estimate of drug-likeness (QED) is 0.770. The van der Waals surface area contributed by atoms with Gasteiger partial charge in [-0.15, -0.1) is 5.53 Å². The average molecular weight is 353 g/mol. The van der Waals surface area contributed by atoms with E-state index in [-0.39, 0.29) is 17.9 Å². The van der Waals surface area contributed by atoms with Gasteiger partial charge in [-0.25, -0.2) is 10.5 Å². The maximum Gasteiger partial charge on any atom is 0.262 e. The first-order chi connectivity index (χ1) is 12.4. The molecule has 0 bridgehead atoms. The van der Waals surface area contributed by atoms with Crippen LogP contribution < -0.4 is 26.1 Å². The van der Waals surface area contributed by atoms with E-state index >= 15 is 0 Å². The van der Waals surface area contributed by atoms with Gasteiger partial charge in [-0.05, 0) is 47.4 Å². The van der Waals surface area contributed by atoms with Crippen LogP contribution in [0.15, 0.2) is 53.6 Å². The summed E-state index contributed by atoms with van der Waals surface area (Å²) in [5, 5.41) is 8.40. The number of rotatable bonds is 5. The minimum absolute atomic E-state index is 0.0503. The Bertz CT molecular complexity index is 779. The molecule has 1 aliphatic heterocycles. The predicted molar refractivity (Wildman–Crippen MR) is 103 cm³/mol. The molecule has 136 valence electrons. The second kappa shape index (κ2) is 7.45. The number of benzene rings is 2. The fraction of sp³-hybridized carbons (Fsp3) is 0.263. The van der Waals surface area contributed by atoms with Gasteiger partial charge in [0.15, 0.2) is 6.61 Å². The molecule has 0 unspecified atom stereocenters. The number of hydrazone groups is 1. The van der Waals surface area contributed by atoms with Crippen molar-refractivity contribution < 1.29 is 9.53 Å². The first-order valence-corrected chi connectivity index (χ1v) is 8.38. The molecule has 0 radical (unpaired) electrons. The van der Waals surface area contributed by atoms with Crippen molar-refractivity contribution in [2.45, 2.75) is 26.2 Å². The Balaban J connectivity index is 1.50. The summed E-state index contributed by atoms with van der Waals surface area (Å²) < 4.78 is 5.54. The van der Waals surface area contributed by atoms with Crippen LogP contribution in [0.3, 0.4) is 0 Å². The van der Waals surface area contributed by atoms with E-state index in [1.54, 1.807) is 23.5 Å². The van der Waals surface area contributed by atoms with Gasteiger partial charge in [-0.3, -0.25) is 4.79 Å². The molecule has 0 saturated carbocycles. The molecule has 0 saturated heterocycles. The van der Waals surface area contributed by atoms with Crippen molar-refractivity contribution in [1.29, 1.82) is 0 Å². The minimum atomic E-state index is -0.199. The molecule has 7 nitrogen and oxygen atoms in total. The number of anilines is 2. The normalized spacial score (nSPS) is 13.4. The summed E-state index contributed by atoms with van der Waals surface area (Å²) >= 11 is 0. The van der Waals surface area contributed by atoms with Crippen molar-refractivity contribution in [3.8, 4) is 5.75 Å². The number of hydrogen-bond acceptors (Lipinski definition) is 6. The Labute approximate surface area is 153 Å². The highest BCUT2D eigenvalue weighted by molar-refractivity contribution is 5.91. The van der Waals surface area contributed by atoms with E-state index in [2.05, 4.69) is 42.3 Å². The Morgan fingerprint density at radius 3 is 2.38 bits per heavy atom. The second-order valence-corrected chi connectivity index (χ2v) is 7.00. The fourth-order valence-corrected chi connectivity index (χ4v) is 2.43. The van der Waals surface area contributed by atoms with Gasteiger partial charge >= 0.3 is 0 Å². The number of carbonyl (C=O) groups is 1. The summed E-state index contributed by atoms with van der Waals surface area (Å²) in [6.45, 7) is 6.42. The van der Waals surface area contributed by atoms with Gasteiger partial charge in [-0.2, -0.15) is 5.10 Å². The number of ether oxygens (including phenoxy) is 1. The van der Waals surface area contributed by atoms with Gasteiger partial charge in [0.25, 0.3) is 5.91 Å². The largest absolute Gasteiger partial charge is 0.484 e. The van der Waals surface area contributed by atoms with Crippen LogP contribution in [0.2, 0.25) is 0 Å². The van der Waals surface area contributed by atoms with E-state index in [1.807, 2.05) is 36.4 Å². The van der Waals surface area contributed by atoms with Crippen molar-refractivity contribution >= 4 is 23.6 Å². The van der Waals surface area contributed by atoms with Crippen LogP contribution in [0, 0.1) is 0 Å². The highest BCUT2D eigenvalue weighted by atomic mass is 16.5. The highest BCUT2D eigenvalue weighted by Gasteiger charge is 2.13. The van der Waals surface area contributed by atoms with Gasteiger partial charge in [0.2, 0.25) is 0 Å². The molecule has 26 heavy (non-hydrogen) atoms.